The molecule has 0 atom stereocenters. The fourth-order valence-electron chi connectivity index (χ4n) is 2.94. The van der Waals surface area contributed by atoms with E-state index in [-0.39, 0.29) is 27.3 Å². The quantitative estimate of drug-likeness (QED) is 0.321. The number of rotatable bonds is 6. The standard InChI is InChI=1S/C24H20Cl4O3/c1-23(2,3)22(29)24(15-7-5-4-6-8-15,30-20-11-9-16(25)13-18(20)27)31-21-12-10-17(26)14-19(21)28/h4-14H,1-3H3. The van der Waals surface area contributed by atoms with E-state index in [2.05, 4.69) is 0 Å². The molecule has 0 bridgehead atoms. The van der Waals surface area contributed by atoms with Crippen molar-refractivity contribution < 1.29 is 14.3 Å². The van der Waals surface area contributed by atoms with E-state index < -0.39 is 11.2 Å². The predicted molar refractivity (Wildman–Crippen MR) is 127 cm³/mol. The molecular formula is C24H20Cl4O3. The maximum Gasteiger partial charge on any atom is 0.340 e. The lowest BCUT2D eigenvalue weighted by Crippen LogP contribution is -2.52. The maximum absolute atomic E-state index is 13.9. The molecule has 0 saturated heterocycles. The Morgan fingerprint density at radius 3 is 1.55 bits per heavy atom. The first kappa shape index (κ1) is 23.7. The summed E-state index contributed by atoms with van der Waals surface area (Å²) in [6.45, 7) is 5.35. The van der Waals surface area contributed by atoms with Crippen LogP contribution in [0.3, 0.4) is 0 Å². The van der Waals surface area contributed by atoms with Crippen LogP contribution in [0.5, 0.6) is 11.5 Å². The molecule has 0 spiro atoms. The smallest absolute Gasteiger partial charge is 0.340 e. The highest BCUT2D eigenvalue weighted by Crippen LogP contribution is 2.42. The fourth-order valence-corrected chi connectivity index (χ4v) is 3.83. The first-order valence-electron chi connectivity index (χ1n) is 9.41. The molecule has 7 heteroatoms. The van der Waals surface area contributed by atoms with Crippen LogP contribution < -0.4 is 9.47 Å². The van der Waals surface area contributed by atoms with Gasteiger partial charge in [0.15, 0.2) is 0 Å². The maximum atomic E-state index is 13.9. The van der Waals surface area contributed by atoms with Crippen LogP contribution in [-0.2, 0) is 10.6 Å². The number of benzene rings is 3. The lowest BCUT2D eigenvalue weighted by Gasteiger charge is -2.38. The summed E-state index contributed by atoms with van der Waals surface area (Å²) in [5, 5.41) is 1.35. The van der Waals surface area contributed by atoms with Gasteiger partial charge in [-0.15, -0.1) is 0 Å². The molecule has 0 aliphatic heterocycles. The van der Waals surface area contributed by atoms with E-state index in [0.717, 1.165) is 0 Å². The van der Waals surface area contributed by atoms with E-state index in [1.165, 1.54) is 12.1 Å². The van der Waals surface area contributed by atoms with Crippen LogP contribution in [0.15, 0.2) is 66.7 Å². The Morgan fingerprint density at radius 2 is 1.16 bits per heavy atom. The van der Waals surface area contributed by atoms with E-state index in [4.69, 9.17) is 55.9 Å². The minimum absolute atomic E-state index is 0.234. The lowest BCUT2D eigenvalue weighted by atomic mass is 9.82. The van der Waals surface area contributed by atoms with Crippen LogP contribution in [0.1, 0.15) is 26.3 Å². The van der Waals surface area contributed by atoms with Crippen LogP contribution in [0, 0.1) is 5.41 Å². The second-order valence-electron chi connectivity index (χ2n) is 7.92. The van der Waals surface area contributed by atoms with Gasteiger partial charge in [0.25, 0.3) is 0 Å². The summed E-state index contributed by atoms with van der Waals surface area (Å²) in [7, 11) is 0. The van der Waals surface area contributed by atoms with Crippen molar-refractivity contribution in [1.29, 1.82) is 0 Å². The van der Waals surface area contributed by atoms with Crippen LogP contribution >= 0.6 is 46.4 Å². The van der Waals surface area contributed by atoms with Crippen LogP contribution in [0.2, 0.25) is 20.1 Å². The van der Waals surface area contributed by atoms with Gasteiger partial charge >= 0.3 is 5.79 Å². The largest absolute Gasteiger partial charge is 0.441 e. The molecule has 0 N–H and O–H groups in total. The minimum atomic E-state index is -1.88. The zero-order valence-corrected chi connectivity index (χ0v) is 20.1. The highest BCUT2D eigenvalue weighted by atomic mass is 35.5. The molecular weight excluding hydrogens is 478 g/mol. The first-order chi connectivity index (χ1) is 14.5. The normalized spacial score (nSPS) is 11.8. The molecule has 31 heavy (non-hydrogen) atoms. The van der Waals surface area contributed by atoms with Gasteiger partial charge in [-0.05, 0) is 36.4 Å². The second-order valence-corrected chi connectivity index (χ2v) is 9.60. The molecule has 0 aliphatic rings. The zero-order chi connectivity index (χ0) is 22.8. The molecule has 3 nitrogen and oxygen atoms in total. The van der Waals surface area contributed by atoms with E-state index in [1.54, 1.807) is 69.3 Å². The number of halogens is 4. The minimum Gasteiger partial charge on any atom is -0.441 e. The third-order valence-electron chi connectivity index (χ3n) is 4.43. The zero-order valence-electron chi connectivity index (χ0n) is 17.1. The Hall–Kier alpha value is -1.91. The average Bonchev–Trinajstić information content (AvgIpc) is 2.70. The topological polar surface area (TPSA) is 35.5 Å². The van der Waals surface area contributed by atoms with E-state index >= 15 is 0 Å². The molecule has 0 aliphatic carbocycles. The summed E-state index contributed by atoms with van der Waals surface area (Å²) < 4.78 is 12.6. The Balaban J connectivity index is 2.25. The van der Waals surface area contributed by atoms with Gasteiger partial charge < -0.3 is 9.47 Å². The van der Waals surface area contributed by atoms with Gasteiger partial charge in [0, 0.05) is 21.0 Å². The van der Waals surface area contributed by atoms with Crippen molar-refractivity contribution in [2.45, 2.75) is 26.6 Å². The highest BCUT2D eigenvalue weighted by Gasteiger charge is 2.51. The third-order valence-corrected chi connectivity index (χ3v) is 5.49. The Morgan fingerprint density at radius 1 is 0.710 bits per heavy atom. The summed E-state index contributed by atoms with van der Waals surface area (Å²) >= 11 is 24.8. The van der Waals surface area contributed by atoms with Gasteiger partial charge in [-0.1, -0.05) is 97.5 Å². The van der Waals surface area contributed by atoms with Crippen molar-refractivity contribution in [3.05, 3.63) is 92.4 Å². The Kier molecular flexibility index (Phi) is 7.12. The van der Waals surface area contributed by atoms with E-state index in [1.807, 2.05) is 6.07 Å². The van der Waals surface area contributed by atoms with Gasteiger partial charge in [0.1, 0.15) is 11.5 Å². The summed E-state index contributed by atoms with van der Waals surface area (Å²) in [5.41, 5.74) is -0.361. The summed E-state index contributed by atoms with van der Waals surface area (Å²) in [4.78, 5) is 13.9. The molecule has 0 fully saturated rings. The molecule has 3 rings (SSSR count). The third kappa shape index (κ3) is 5.30. The molecule has 0 heterocycles. The number of carbonyl (C=O) groups is 1. The number of ketones is 1. The molecule has 0 radical (unpaired) electrons. The van der Waals surface area contributed by atoms with Crippen molar-refractivity contribution in [2.75, 3.05) is 0 Å². The van der Waals surface area contributed by atoms with Gasteiger partial charge in [-0.3, -0.25) is 4.79 Å². The van der Waals surface area contributed by atoms with Crippen molar-refractivity contribution in [3.63, 3.8) is 0 Å². The highest BCUT2D eigenvalue weighted by molar-refractivity contribution is 6.36. The second kappa shape index (κ2) is 9.30. The Bertz CT molecular complexity index is 1040. The molecule has 3 aromatic rings. The van der Waals surface area contributed by atoms with Crippen molar-refractivity contribution >= 4 is 52.2 Å². The monoisotopic (exact) mass is 496 g/mol. The number of Topliss-reactive ketones (excluding diaryl/α,β-unsaturated/α-hetero) is 1. The summed E-state index contributed by atoms with van der Waals surface area (Å²) in [5.74, 6) is -1.74. The lowest BCUT2D eigenvalue weighted by molar-refractivity contribution is -0.176. The molecule has 0 unspecified atom stereocenters. The van der Waals surface area contributed by atoms with Gasteiger partial charge in [0.05, 0.1) is 10.0 Å². The molecule has 162 valence electrons. The molecule has 0 aromatic heterocycles. The van der Waals surface area contributed by atoms with Gasteiger partial charge in [-0.2, -0.15) is 0 Å². The first-order valence-corrected chi connectivity index (χ1v) is 10.9. The van der Waals surface area contributed by atoms with Crippen LogP contribution in [-0.4, -0.2) is 5.78 Å². The molecule has 3 aromatic carbocycles. The number of ether oxygens (including phenoxy) is 2. The number of hydrogen-bond acceptors (Lipinski definition) is 3. The summed E-state index contributed by atoms with van der Waals surface area (Å²) in [6, 6.07) is 18.4. The van der Waals surface area contributed by atoms with Gasteiger partial charge in [-0.25, -0.2) is 0 Å². The Labute approximate surface area is 201 Å². The van der Waals surface area contributed by atoms with E-state index in [0.29, 0.717) is 15.6 Å². The number of hydrogen-bond donors (Lipinski definition) is 0. The van der Waals surface area contributed by atoms with Crippen molar-refractivity contribution in [1.82, 2.24) is 0 Å². The number of carbonyl (C=O) groups excluding carboxylic acids is 1. The average molecular weight is 498 g/mol. The molecule has 0 amide bonds. The van der Waals surface area contributed by atoms with Crippen LogP contribution in [0.25, 0.3) is 0 Å². The SMILES string of the molecule is CC(C)(C)C(=O)C(Oc1ccc(Cl)cc1Cl)(Oc1ccc(Cl)cc1Cl)c1ccccc1. The predicted octanol–water partition coefficient (Wildman–Crippen LogP) is 8.23. The van der Waals surface area contributed by atoms with Crippen molar-refractivity contribution in [2.24, 2.45) is 5.41 Å². The summed E-state index contributed by atoms with van der Waals surface area (Å²) in [6.07, 6.45) is 0. The fraction of sp³-hybridized carbons (Fsp3) is 0.208. The van der Waals surface area contributed by atoms with E-state index in [9.17, 15) is 4.79 Å². The molecule has 0 saturated carbocycles. The van der Waals surface area contributed by atoms with Gasteiger partial charge in [0.2, 0.25) is 5.78 Å². The van der Waals surface area contributed by atoms with Crippen LogP contribution in [0.4, 0.5) is 0 Å². The van der Waals surface area contributed by atoms with Crippen molar-refractivity contribution in [3.8, 4) is 11.5 Å².